The van der Waals surface area contributed by atoms with Crippen molar-refractivity contribution in [1.82, 2.24) is 0 Å². The number of phenols is 1. The Bertz CT molecular complexity index is 411. The number of rotatable bonds is 0. The average molecular weight is 177 g/mol. The summed E-state index contributed by atoms with van der Waals surface area (Å²) < 4.78 is 0. The molecule has 13 heavy (non-hydrogen) atoms. The van der Waals surface area contributed by atoms with Crippen LogP contribution in [0.5, 0.6) is 5.75 Å². The van der Waals surface area contributed by atoms with Crippen LogP contribution in [0.15, 0.2) is 18.2 Å². The van der Waals surface area contributed by atoms with Gasteiger partial charge in [0.2, 0.25) is 0 Å². The van der Waals surface area contributed by atoms with Crippen molar-refractivity contribution >= 4 is 17.4 Å². The fourth-order valence-corrected chi connectivity index (χ4v) is 1.38. The van der Waals surface area contributed by atoms with Gasteiger partial charge in [-0.3, -0.25) is 9.59 Å². The number of likely N-dealkylation sites (N-methyl/N-ethyl adjacent to an activating group) is 1. The number of nitrogens with zero attached hydrogens (tertiary/aromatic N) is 1. The highest BCUT2D eigenvalue weighted by Gasteiger charge is 2.33. The molecule has 1 heterocycles. The standard InChI is InChI=1S/C9H7NO3/c1-10-7-3-2-5(11)4-6(7)8(12)9(10)13/h2-4,11H,1H3. The predicted octanol–water partition coefficient (Wildman–Crippen LogP) is 0.551. The van der Waals surface area contributed by atoms with Crippen LogP contribution in [0, 0.1) is 0 Å². The highest BCUT2D eigenvalue weighted by atomic mass is 16.3. The Labute approximate surface area is 74.4 Å². The van der Waals surface area contributed by atoms with Gasteiger partial charge in [-0.2, -0.15) is 0 Å². The van der Waals surface area contributed by atoms with E-state index in [1.807, 2.05) is 0 Å². The van der Waals surface area contributed by atoms with E-state index < -0.39 is 11.7 Å². The van der Waals surface area contributed by atoms with Gasteiger partial charge in [0, 0.05) is 7.05 Å². The largest absolute Gasteiger partial charge is 0.508 e. The Morgan fingerprint density at radius 2 is 2.00 bits per heavy atom. The summed E-state index contributed by atoms with van der Waals surface area (Å²) in [4.78, 5) is 23.7. The molecule has 1 amide bonds. The average Bonchev–Trinajstić information content (AvgIpc) is 2.32. The quantitative estimate of drug-likeness (QED) is 0.589. The highest BCUT2D eigenvalue weighted by Crippen LogP contribution is 2.30. The van der Waals surface area contributed by atoms with Crippen LogP contribution in [0.1, 0.15) is 10.4 Å². The number of hydrogen-bond acceptors (Lipinski definition) is 3. The second-order valence-electron chi connectivity index (χ2n) is 2.89. The van der Waals surface area contributed by atoms with Gasteiger partial charge in [-0.25, -0.2) is 0 Å². The van der Waals surface area contributed by atoms with Crippen molar-refractivity contribution in [3.05, 3.63) is 23.8 Å². The third-order valence-electron chi connectivity index (χ3n) is 2.08. The molecule has 1 aliphatic heterocycles. The molecule has 4 nitrogen and oxygen atoms in total. The van der Waals surface area contributed by atoms with E-state index in [0.29, 0.717) is 5.69 Å². The Balaban J connectivity index is 2.67. The van der Waals surface area contributed by atoms with Gasteiger partial charge in [-0.1, -0.05) is 0 Å². The van der Waals surface area contributed by atoms with E-state index in [4.69, 9.17) is 5.11 Å². The van der Waals surface area contributed by atoms with Crippen LogP contribution >= 0.6 is 0 Å². The van der Waals surface area contributed by atoms with Gasteiger partial charge in [-0.15, -0.1) is 0 Å². The zero-order chi connectivity index (χ0) is 9.59. The zero-order valence-corrected chi connectivity index (χ0v) is 6.94. The van der Waals surface area contributed by atoms with Crippen molar-refractivity contribution < 1.29 is 14.7 Å². The fourth-order valence-electron chi connectivity index (χ4n) is 1.38. The van der Waals surface area contributed by atoms with Gasteiger partial charge in [0.15, 0.2) is 0 Å². The number of Topliss-reactive ketones (excluding diaryl/α,β-unsaturated/α-hetero) is 1. The van der Waals surface area contributed by atoms with Crippen molar-refractivity contribution in [1.29, 1.82) is 0 Å². The fraction of sp³-hybridized carbons (Fsp3) is 0.111. The Kier molecular flexibility index (Phi) is 1.39. The first-order chi connectivity index (χ1) is 6.11. The number of hydrogen-bond donors (Lipinski definition) is 1. The summed E-state index contributed by atoms with van der Waals surface area (Å²) in [5.41, 5.74) is 0.820. The Hall–Kier alpha value is -1.84. The number of ketones is 1. The topological polar surface area (TPSA) is 57.6 Å². The van der Waals surface area contributed by atoms with Gasteiger partial charge < -0.3 is 10.0 Å². The second kappa shape index (κ2) is 2.32. The number of anilines is 1. The molecule has 1 aromatic carbocycles. The molecular formula is C9H7NO3. The minimum absolute atomic E-state index is 0.00444. The summed E-state index contributed by atoms with van der Waals surface area (Å²) in [5.74, 6) is -1.12. The van der Waals surface area contributed by atoms with E-state index >= 15 is 0 Å². The zero-order valence-electron chi connectivity index (χ0n) is 6.94. The number of carbonyl (C=O) groups is 2. The van der Waals surface area contributed by atoms with Crippen molar-refractivity contribution in [3.8, 4) is 5.75 Å². The van der Waals surface area contributed by atoms with Crippen LogP contribution in [0.25, 0.3) is 0 Å². The molecule has 0 bridgehead atoms. The Morgan fingerprint density at radius 1 is 1.31 bits per heavy atom. The van der Waals surface area contributed by atoms with Gasteiger partial charge in [0.05, 0.1) is 11.3 Å². The molecule has 0 fully saturated rings. The first kappa shape index (κ1) is 7.79. The number of carbonyl (C=O) groups excluding carboxylic acids is 2. The number of aromatic hydroxyl groups is 1. The van der Waals surface area contributed by atoms with E-state index in [1.165, 1.54) is 24.1 Å². The maximum Gasteiger partial charge on any atom is 0.299 e. The van der Waals surface area contributed by atoms with Gasteiger partial charge in [0.25, 0.3) is 11.7 Å². The number of phenolic OH excluding ortho intramolecular Hbond substituents is 1. The van der Waals surface area contributed by atoms with Crippen LogP contribution in [-0.4, -0.2) is 23.8 Å². The maximum atomic E-state index is 11.3. The van der Waals surface area contributed by atoms with Gasteiger partial charge in [0.1, 0.15) is 5.75 Å². The Morgan fingerprint density at radius 3 is 2.69 bits per heavy atom. The SMILES string of the molecule is CN1C(=O)C(=O)c2cc(O)ccc21. The van der Waals surface area contributed by atoms with E-state index in [1.54, 1.807) is 6.07 Å². The molecule has 4 heteroatoms. The first-order valence-corrected chi connectivity index (χ1v) is 3.76. The molecule has 0 radical (unpaired) electrons. The maximum absolute atomic E-state index is 11.3. The molecule has 0 saturated carbocycles. The molecule has 0 unspecified atom stereocenters. The molecule has 1 aromatic rings. The summed E-state index contributed by atoms with van der Waals surface area (Å²) >= 11 is 0. The number of fused-ring (bicyclic) bond motifs is 1. The van der Waals surface area contributed by atoms with Crippen LogP contribution in [0.4, 0.5) is 5.69 Å². The summed E-state index contributed by atoms with van der Waals surface area (Å²) in [6.45, 7) is 0. The molecule has 1 N–H and O–H groups in total. The summed E-state index contributed by atoms with van der Waals surface area (Å²) in [6, 6.07) is 4.30. The van der Waals surface area contributed by atoms with Crippen molar-refractivity contribution in [3.63, 3.8) is 0 Å². The first-order valence-electron chi connectivity index (χ1n) is 3.76. The van der Waals surface area contributed by atoms with Crippen LogP contribution in [-0.2, 0) is 4.79 Å². The lowest BCUT2D eigenvalue weighted by Gasteiger charge is -2.07. The highest BCUT2D eigenvalue weighted by molar-refractivity contribution is 6.52. The molecule has 0 atom stereocenters. The summed E-state index contributed by atoms with van der Waals surface area (Å²) in [6.07, 6.45) is 0. The van der Waals surface area contributed by atoms with Gasteiger partial charge in [-0.05, 0) is 18.2 Å². The van der Waals surface area contributed by atoms with E-state index in [0.717, 1.165) is 0 Å². The smallest absolute Gasteiger partial charge is 0.299 e. The summed E-state index contributed by atoms with van der Waals surface area (Å²) in [7, 11) is 1.53. The lowest BCUT2D eigenvalue weighted by Crippen LogP contribution is -2.24. The third-order valence-corrected chi connectivity index (χ3v) is 2.08. The minimum Gasteiger partial charge on any atom is -0.508 e. The molecule has 2 rings (SSSR count). The number of amides is 1. The monoisotopic (exact) mass is 177 g/mol. The van der Waals surface area contributed by atoms with E-state index in [2.05, 4.69) is 0 Å². The van der Waals surface area contributed by atoms with Crippen LogP contribution in [0.3, 0.4) is 0 Å². The van der Waals surface area contributed by atoms with Gasteiger partial charge >= 0.3 is 0 Å². The van der Waals surface area contributed by atoms with E-state index in [-0.39, 0.29) is 11.3 Å². The molecule has 0 aromatic heterocycles. The molecule has 0 aliphatic carbocycles. The van der Waals surface area contributed by atoms with Crippen LogP contribution < -0.4 is 4.90 Å². The minimum atomic E-state index is -0.562. The normalized spacial score (nSPS) is 15.0. The number of benzene rings is 1. The van der Waals surface area contributed by atoms with Crippen molar-refractivity contribution in [2.45, 2.75) is 0 Å². The molecule has 0 saturated heterocycles. The lowest BCUT2D eigenvalue weighted by atomic mass is 10.1. The van der Waals surface area contributed by atoms with Crippen molar-refractivity contribution in [2.75, 3.05) is 11.9 Å². The van der Waals surface area contributed by atoms with E-state index in [9.17, 15) is 9.59 Å². The van der Waals surface area contributed by atoms with Crippen LogP contribution in [0.2, 0.25) is 0 Å². The lowest BCUT2D eigenvalue weighted by molar-refractivity contribution is -0.114. The molecule has 66 valence electrons. The second-order valence-corrected chi connectivity index (χ2v) is 2.89. The molecule has 0 spiro atoms. The molecule has 1 aliphatic rings. The predicted molar refractivity (Wildman–Crippen MR) is 45.8 cm³/mol. The van der Waals surface area contributed by atoms with Crippen molar-refractivity contribution in [2.24, 2.45) is 0 Å². The molecular weight excluding hydrogens is 170 g/mol. The third kappa shape index (κ3) is 0.917. The summed E-state index contributed by atoms with van der Waals surface area (Å²) in [5, 5.41) is 9.10.